The number of carbonyl (C=O) groups excluding carboxylic acids is 2. The minimum Gasteiger partial charge on any atom is -0.487 e. The van der Waals surface area contributed by atoms with E-state index in [0.29, 0.717) is 23.5 Å². The zero-order valence-corrected chi connectivity index (χ0v) is 13.3. The van der Waals surface area contributed by atoms with Crippen molar-refractivity contribution < 1.29 is 23.1 Å². The van der Waals surface area contributed by atoms with Gasteiger partial charge in [-0.3, -0.25) is 10.1 Å². The number of hydrogen-bond donors (Lipinski definition) is 3. The Morgan fingerprint density at radius 2 is 2.00 bits per heavy atom. The van der Waals surface area contributed by atoms with Gasteiger partial charge in [0.2, 0.25) is 5.91 Å². The van der Waals surface area contributed by atoms with Crippen LogP contribution in [0.4, 0.5) is 19.3 Å². The van der Waals surface area contributed by atoms with Crippen molar-refractivity contribution in [3.63, 3.8) is 0 Å². The van der Waals surface area contributed by atoms with E-state index in [0.717, 1.165) is 0 Å². The lowest BCUT2D eigenvalue weighted by Gasteiger charge is -2.16. The topological polar surface area (TPSA) is 79.5 Å². The summed E-state index contributed by atoms with van der Waals surface area (Å²) >= 11 is 0. The van der Waals surface area contributed by atoms with Gasteiger partial charge in [-0.15, -0.1) is 0 Å². The Bertz CT molecular complexity index is 553. The fraction of sp³-hybridized carbons (Fsp3) is 0.467. The molecule has 0 aromatic heterocycles. The number of rotatable bonds is 7. The first-order valence-electron chi connectivity index (χ1n) is 7.20. The number of benzene rings is 1. The first-order chi connectivity index (χ1) is 10.8. The zero-order valence-electron chi connectivity index (χ0n) is 13.3. The highest BCUT2D eigenvalue weighted by molar-refractivity contribution is 5.97. The summed E-state index contributed by atoms with van der Waals surface area (Å²) in [6.45, 7) is 4.75. The van der Waals surface area contributed by atoms with Crippen molar-refractivity contribution in [2.24, 2.45) is 0 Å². The number of carbonyl (C=O) groups is 2. The summed E-state index contributed by atoms with van der Waals surface area (Å²) in [4.78, 5) is 23.1. The predicted octanol–water partition coefficient (Wildman–Crippen LogP) is 2.29. The van der Waals surface area contributed by atoms with Crippen LogP contribution in [0.5, 0.6) is 5.75 Å². The van der Waals surface area contributed by atoms with Crippen LogP contribution in [0, 0.1) is 6.92 Å². The molecule has 6 nitrogen and oxygen atoms in total. The van der Waals surface area contributed by atoms with Gasteiger partial charge in [0.15, 0.2) is 0 Å². The fourth-order valence-corrected chi connectivity index (χ4v) is 1.74. The molecule has 0 fully saturated rings. The molecule has 0 spiro atoms. The van der Waals surface area contributed by atoms with Crippen LogP contribution in [0.2, 0.25) is 0 Å². The Labute approximate surface area is 133 Å². The van der Waals surface area contributed by atoms with E-state index in [1.165, 1.54) is 6.07 Å². The lowest BCUT2D eigenvalue weighted by Crippen LogP contribution is -2.45. The van der Waals surface area contributed by atoms with E-state index in [1.54, 1.807) is 32.9 Å². The number of nitrogens with one attached hydrogen (secondary N) is 3. The van der Waals surface area contributed by atoms with Crippen LogP contribution in [-0.4, -0.2) is 37.6 Å². The van der Waals surface area contributed by atoms with Gasteiger partial charge in [-0.2, -0.15) is 0 Å². The van der Waals surface area contributed by atoms with E-state index in [-0.39, 0.29) is 0 Å². The molecule has 0 unspecified atom stereocenters. The average molecular weight is 329 g/mol. The van der Waals surface area contributed by atoms with Gasteiger partial charge in [0.1, 0.15) is 18.4 Å². The standard InChI is InChI=1S/C15H21F2N3O3/c1-4-18-15(22)20-14(21)10(3)19-11-6-5-9(2)12(7-11)23-8-13(16)17/h5-7,10,13,19H,4,8H2,1-3H3,(H2,18,20,21,22)/t10-/m1/s1. The third kappa shape index (κ3) is 6.50. The number of anilines is 1. The molecule has 0 aliphatic carbocycles. The Kier molecular flexibility index (Phi) is 7.24. The van der Waals surface area contributed by atoms with Gasteiger partial charge in [0, 0.05) is 18.3 Å². The minimum atomic E-state index is -2.56. The molecule has 0 saturated heterocycles. The lowest BCUT2D eigenvalue weighted by atomic mass is 10.2. The molecule has 0 heterocycles. The molecule has 1 atom stereocenters. The van der Waals surface area contributed by atoms with Crippen LogP contribution < -0.4 is 20.7 Å². The number of alkyl halides is 2. The van der Waals surface area contributed by atoms with Gasteiger partial charge in [-0.05, 0) is 32.4 Å². The minimum absolute atomic E-state index is 0.312. The smallest absolute Gasteiger partial charge is 0.321 e. The van der Waals surface area contributed by atoms with Gasteiger partial charge in [-0.25, -0.2) is 13.6 Å². The number of hydrogen-bond acceptors (Lipinski definition) is 4. The molecule has 1 aromatic carbocycles. The van der Waals surface area contributed by atoms with Crippen molar-refractivity contribution in [3.8, 4) is 5.75 Å². The van der Waals surface area contributed by atoms with Gasteiger partial charge in [0.05, 0.1) is 0 Å². The monoisotopic (exact) mass is 329 g/mol. The largest absolute Gasteiger partial charge is 0.487 e. The Hall–Kier alpha value is -2.38. The summed E-state index contributed by atoms with van der Waals surface area (Å²) in [6.07, 6.45) is -2.56. The van der Waals surface area contributed by atoms with Crippen LogP contribution in [0.15, 0.2) is 18.2 Å². The van der Waals surface area contributed by atoms with Crippen molar-refractivity contribution in [1.82, 2.24) is 10.6 Å². The molecule has 23 heavy (non-hydrogen) atoms. The van der Waals surface area contributed by atoms with Crippen molar-refractivity contribution >= 4 is 17.6 Å². The summed E-state index contributed by atoms with van der Waals surface area (Å²) in [5.41, 5.74) is 1.23. The second-order valence-electron chi connectivity index (χ2n) is 4.90. The first-order valence-corrected chi connectivity index (χ1v) is 7.20. The zero-order chi connectivity index (χ0) is 17.4. The lowest BCUT2D eigenvalue weighted by molar-refractivity contribution is -0.120. The number of imide groups is 1. The number of ether oxygens (including phenoxy) is 1. The quantitative estimate of drug-likeness (QED) is 0.717. The highest BCUT2D eigenvalue weighted by Crippen LogP contribution is 2.23. The molecule has 1 rings (SSSR count). The van der Waals surface area contributed by atoms with Gasteiger partial charge in [-0.1, -0.05) is 6.07 Å². The Balaban J connectivity index is 2.67. The normalized spacial score (nSPS) is 11.7. The second kappa shape index (κ2) is 8.92. The van der Waals surface area contributed by atoms with Gasteiger partial charge >= 0.3 is 6.03 Å². The van der Waals surface area contributed by atoms with Gasteiger partial charge < -0.3 is 15.4 Å². The van der Waals surface area contributed by atoms with Gasteiger partial charge in [0.25, 0.3) is 6.43 Å². The highest BCUT2D eigenvalue weighted by Gasteiger charge is 2.16. The maximum atomic E-state index is 12.2. The molecule has 0 saturated carbocycles. The van der Waals surface area contributed by atoms with E-state index in [2.05, 4.69) is 16.0 Å². The van der Waals surface area contributed by atoms with Crippen LogP contribution in [-0.2, 0) is 4.79 Å². The summed E-state index contributed by atoms with van der Waals surface area (Å²) in [6, 6.07) is 3.66. The van der Waals surface area contributed by atoms with Crippen molar-refractivity contribution in [2.75, 3.05) is 18.5 Å². The summed E-state index contributed by atoms with van der Waals surface area (Å²) in [5.74, 6) is -0.196. The van der Waals surface area contributed by atoms with E-state index in [9.17, 15) is 18.4 Å². The summed E-state index contributed by atoms with van der Waals surface area (Å²) < 4.78 is 29.5. The summed E-state index contributed by atoms with van der Waals surface area (Å²) in [5, 5.41) is 7.52. The van der Waals surface area contributed by atoms with Crippen LogP contribution >= 0.6 is 0 Å². The SMILES string of the molecule is CCNC(=O)NC(=O)[C@@H](C)Nc1ccc(C)c(OCC(F)F)c1. The molecule has 3 N–H and O–H groups in total. The highest BCUT2D eigenvalue weighted by atomic mass is 19.3. The van der Waals surface area contributed by atoms with Crippen molar-refractivity contribution in [3.05, 3.63) is 23.8 Å². The molecule has 3 amide bonds. The van der Waals surface area contributed by atoms with Crippen molar-refractivity contribution in [2.45, 2.75) is 33.2 Å². The summed E-state index contributed by atoms with van der Waals surface area (Å²) in [7, 11) is 0. The second-order valence-corrected chi connectivity index (χ2v) is 4.90. The number of urea groups is 1. The third-order valence-electron chi connectivity index (χ3n) is 2.90. The molecular formula is C15H21F2N3O3. The van der Waals surface area contributed by atoms with Crippen molar-refractivity contribution in [1.29, 1.82) is 0 Å². The third-order valence-corrected chi connectivity index (χ3v) is 2.90. The fourth-order valence-electron chi connectivity index (χ4n) is 1.74. The Morgan fingerprint density at radius 3 is 2.61 bits per heavy atom. The molecule has 0 aliphatic rings. The number of amides is 3. The van der Waals surface area contributed by atoms with E-state index in [4.69, 9.17) is 4.74 Å². The molecule has 0 aliphatic heterocycles. The predicted molar refractivity (Wildman–Crippen MR) is 83.0 cm³/mol. The van der Waals surface area contributed by atoms with E-state index < -0.39 is 31.0 Å². The molecule has 8 heteroatoms. The molecule has 1 aromatic rings. The molecule has 0 bridgehead atoms. The van der Waals surface area contributed by atoms with E-state index in [1.807, 2.05) is 0 Å². The molecule has 0 radical (unpaired) electrons. The first kappa shape index (κ1) is 18.7. The van der Waals surface area contributed by atoms with Crippen LogP contribution in [0.1, 0.15) is 19.4 Å². The maximum absolute atomic E-state index is 12.2. The Morgan fingerprint density at radius 1 is 1.30 bits per heavy atom. The molecular weight excluding hydrogens is 308 g/mol. The average Bonchev–Trinajstić information content (AvgIpc) is 2.47. The molecule has 128 valence electrons. The number of aryl methyl sites for hydroxylation is 1. The van der Waals surface area contributed by atoms with Crippen LogP contribution in [0.3, 0.4) is 0 Å². The van der Waals surface area contributed by atoms with E-state index >= 15 is 0 Å². The van der Waals surface area contributed by atoms with Crippen LogP contribution in [0.25, 0.3) is 0 Å². The maximum Gasteiger partial charge on any atom is 0.321 e. The number of halogens is 2.